The van der Waals surface area contributed by atoms with Gasteiger partial charge < -0.3 is 10.2 Å². The minimum Gasteiger partial charge on any atom is -0.344 e. The molecule has 1 aliphatic heterocycles. The highest BCUT2D eigenvalue weighted by molar-refractivity contribution is 7.10. The van der Waals surface area contributed by atoms with E-state index >= 15 is 0 Å². The Balaban J connectivity index is 1.94. The number of likely N-dealkylation sites (tertiary alicyclic amines) is 1. The number of nitrogens with zero attached hydrogens (tertiary/aromatic N) is 1. The molecule has 1 aliphatic rings. The quantitative estimate of drug-likeness (QED) is 0.903. The van der Waals surface area contributed by atoms with E-state index in [0.29, 0.717) is 6.42 Å². The third-order valence-corrected chi connectivity index (χ3v) is 4.46. The Morgan fingerprint density at radius 1 is 1.35 bits per heavy atom. The largest absolute Gasteiger partial charge is 0.344 e. The standard InChI is InChI=1S/C15H22N2O2S/c1-11(2)14(15(19)17-7-3-4-8-17)16-13(18)10-12-6-5-9-20-12/h5-6,9,11,14H,3-4,7-8,10H2,1-2H3,(H,16,18)/t14-/m1/s1. The van der Waals surface area contributed by atoms with Crippen molar-refractivity contribution >= 4 is 23.2 Å². The van der Waals surface area contributed by atoms with Crippen LogP contribution >= 0.6 is 11.3 Å². The molecule has 1 fully saturated rings. The maximum atomic E-state index is 12.4. The molecule has 2 rings (SSSR count). The van der Waals surface area contributed by atoms with E-state index in [1.54, 1.807) is 11.3 Å². The number of nitrogens with one attached hydrogen (secondary N) is 1. The lowest BCUT2D eigenvalue weighted by Gasteiger charge is -2.26. The number of thiophene rings is 1. The maximum Gasteiger partial charge on any atom is 0.245 e. The minimum atomic E-state index is -0.402. The smallest absolute Gasteiger partial charge is 0.245 e. The molecule has 1 saturated heterocycles. The van der Waals surface area contributed by atoms with Crippen molar-refractivity contribution in [2.45, 2.75) is 39.2 Å². The number of hydrogen-bond donors (Lipinski definition) is 1. The fourth-order valence-electron chi connectivity index (χ4n) is 2.44. The van der Waals surface area contributed by atoms with Crippen LogP contribution < -0.4 is 5.32 Å². The monoisotopic (exact) mass is 294 g/mol. The van der Waals surface area contributed by atoms with Crippen molar-refractivity contribution in [3.05, 3.63) is 22.4 Å². The van der Waals surface area contributed by atoms with Gasteiger partial charge in [-0.15, -0.1) is 11.3 Å². The zero-order valence-corrected chi connectivity index (χ0v) is 12.9. The van der Waals surface area contributed by atoms with E-state index in [2.05, 4.69) is 5.32 Å². The lowest BCUT2D eigenvalue weighted by molar-refractivity contribution is -0.136. The second-order valence-electron chi connectivity index (χ2n) is 5.58. The first-order valence-electron chi connectivity index (χ1n) is 7.18. The summed E-state index contributed by atoms with van der Waals surface area (Å²) in [7, 11) is 0. The van der Waals surface area contributed by atoms with Crippen LogP contribution in [0.4, 0.5) is 0 Å². The lowest BCUT2D eigenvalue weighted by Crippen LogP contribution is -2.50. The van der Waals surface area contributed by atoms with Crippen LogP contribution in [-0.4, -0.2) is 35.8 Å². The van der Waals surface area contributed by atoms with Gasteiger partial charge in [-0.1, -0.05) is 19.9 Å². The molecule has 1 N–H and O–H groups in total. The van der Waals surface area contributed by atoms with Crippen LogP contribution in [0.15, 0.2) is 17.5 Å². The topological polar surface area (TPSA) is 49.4 Å². The number of carbonyl (C=O) groups is 2. The Bertz CT molecular complexity index is 450. The van der Waals surface area contributed by atoms with Crippen molar-refractivity contribution in [3.63, 3.8) is 0 Å². The molecule has 0 saturated carbocycles. The summed E-state index contributed by atoms with van der Waals surface area (Å²) in [5, 5.41) is 4.86. The van der Waals surface area contributed by atoms with Gasteiger partial charge in [0, 0.05) is 18.0 Å². The summed E-state index contributed by atoms with van der Waals surface area (Å²) in [5.41, 5.74) is 0. The van der Waals surface area contributed by atoms with Crippen molar-refractivity contribution in [1.29, 1.82) is 0 Å². The van der Waals surface area contributed by atoms with E-state index in [0.717, 1.165) is 30.8 Å². The summed E-state index contributed by atoms with van der Waals surface area (Å²) in [5.74, 6) is 0.103. The predicted molar refractivity (Wildman–Crippen MR) is 80.6 cm³/mol. The zero-order valence-electron chi connectivity index (χ0n) is 12.1. The van der Waals surface area contributed by atoms with Gasteiger partial charge in [-0.25, -0.2) is 0 Å². The highest BCUT2D eigenvalue weighted by Crippen LogP contribution is 2.14. The molecule has 1 aromatic rings. The average Bonchev–Trinajstić information content (AvgIpc) is 3.07. The first-order valence-corrected chi connectivity index (χ1v) is 8.06. The highest BCUT2D eigenvalue weighted by atomic mass is 32.1. The Labute approximate surface area is 124 Å². The molecular formula is C15H22N2O2S. The molecule has 0 bridgehead atoms. The molecule has 2 amide bonds. The average molecular weight is 294 g/mol. The fourth-order valence-corrected chi connectivity index (χ4v) is 3.15. The van der Waals surface area contributed by atoms with Gasteiger partial charge in [-0.2, -0.15) is 0 Å². The molecule has 110 valence electrons. The zero-order chi connectivity index (χ0) is 14.5. The molecule has 20 heavy (non-hydrogen) atoms. The van der Waals surface area contributed by atoms with E-state index in [9.17, 15) is 9.59 Å². The van der Waals surface area contributed by atoms with Gasteiger partial charge in [0.15, 0.2) is 0 Å². The molecular weight excluding hydrogens is 272 g/mol. The first-order chi connectivity index (χ1) is 9.58. The molecule has 0 spiro atoms. The van der Waals surface area contributed by atoms with Crippen LogP contribution in [-0.2, 0) is 16.0 Å². The Morgan fingerprint density at radius 2 is 2.05 bits per heavy atom. The van der Waals surface area contributed by atoms with Crippen LogP contribution in [0.2, 0.25) is 0 Å². The van der Waals surface area contributed by atoms with Crippen molar-refractivity contribution < 1.29 is 9.59 Å². The highest BCUT2D eigenvalue weighted by Gasteiger charge is 2.29. The van der Waals surface area contributed by atoms with Gasteiger partial charge >= 0.3 is 0 Å². The Kier molecular flexibility index (Phi) is 5.17. The SMILES string of the molecule is CC(C)[C@@H](NC(=O)Cc1cccs1)C(=O)N1CCCC1. The molecule has 0 radical (unpaired) electrons. The predicted octanol–water partition coefficient (Wildman–Crippen LogP) is 2.05. The van der Waals surface area contributed by atoms with Gasteiger partial charge in [0.25, 0.3) is 0 Å². The van der Waals surface area contributed by atoms with Gasteiger partial charge in [0.1, 0.15) is 6.04 Å². The summed E-state index contributed by atoms with van der Waals surface area (Å²) >= 11 is 1.56. The summed E-state index contributed by atoms with van der Waals surface area (Å²) in [6.07, 6.45) is 2.49. The third-order valence-electron chi connectivity index (χ3n) is 3.58. The van der Waals surface area contributed by atoms with E-state index in [4.69, 9.17) is 0 Å². The first kappa shape index (κ1) is 15.0. The van der Waals surface area contributed by atoms with Crippen molar-refractivity contribution in [2.75, 3.05) is 13.1 Å². The summed E-state index contributed by atoms with van der Waals surface area (Å²) < 4.78 is 0. The lowest BCUT2D eigenvalue weighted by atomic mass is 10.0. The van der Waals surface area contributed by atoms with Crippen molar-refractivity contribution in [1.82, 2.24) is 10.2 Å². The maximum absolute atomic E-state index is 12.4. The van der Waals surface area contributed by atoms with Crippen LogP contribution in [0, 0.1) is 5.92 Å². The number of rotatable bonds is 5. The molecule has 5 heteroatoms. The van der Waals surface area contributed by atoms with E-state index < -0.39 is 6.04 Å². The minimum absolute atomic E-state index is 0.0667. The van der Waals surface area contributed by atoms with Crippen molar-refractivity contribution in [2.24, 2.45) is 5.92 Å². The third kappa shape index (κ3) is 3.82. The van der Waals surface area contributed by atoms with Crippen LogP contribution in [0.3, 0.4) is 0 Å². The van der Waals surface area contributed by atoms with Crippen LogP contribution in [0.5, 0.6) is 0 Å². The van der Waals surface area contributed by atoms with Crippen molar-refractivity contribution in [3.8, 4) is 0 Å². The van der Waals surface area contributed by atoms with Gasteiger partial charge in [-0.05, 0) is 30.2 Å². The molecule has 1 aromatic heterocycles. The van der Waals surface area contributed by atoms with E-state index in [1.165, 1.54) is 0 Å². The summed E-state index contributed by atoms with van der Waals surface area (Å²) in [6.45, 7) is 5.60. The molecule has 1 atom stereocenters. The Hall–Kier alpha value is -1.36. The molecule has 0 unspecified atom stereocenters. The molecule has 4 nitrogen and oxygen atoms in total. The van der Waals surface area contributed by atoms with Crippen LogP contribution in [0.25, 0.3) is 0 Å². The van der Waals surface area contributed by atoms with E-state index in [-0.39, 0.29) is 17.7 Å². The number of hydrogen-bond acceptors (Lipinski definition) is 3. The summed E-state index contributed by atoms with van der Waals surface area (Å²) in [4.78, 5) is 27.4. The second-order valence-corrected chi connectivity index (χ2v) is 6.61. The van der Waals surface area contributed by atoms with Crippen LogP contribution in [0.1, 0.15) is 31.6 Å². The van der Waals surface area contributed by atoms with Gasteiger partial charge in [0.05, 0.1) is 6.42 Å². The van der Waals surface area contributed by atoms with Gasteiger partial charge in [0.2, 0.25) is 11.8 Å². The Morgan fingerprint density at radius 3 is 2.60 bits per heavy atom. The molecule has 0 aliphatic carbocycles. The van der Waals surface area contributed by atoms with E-state index in [1.807, 2.05) is 36.3 Å². The fraction of sp³-hybridized carbons (Fsp3) is 0.600. The molecule has 0 aromatic carbocycles. The number of amides is 2. The molecule has 2 heterocycles. The second kappa shape index (κ2) is 6.88. The van der Waals surface area contributed by atoms with Gasteiger partial charge in [-0.3, -0.25) is 9.59 Å². The summed E-state index contributed by atoms with van der Waals surface area (Å²) in [6, 6.07) is 3.47. The normalized spacial score (nSPS) is 16.4. The number of carbonyl (C=O) groups excluding carboxylic acids is 2.